The zero-order valence-electron chi connectivity index (χ0n) is 18.6. The molecular weight excluding hydrogens is 436 g/mol. The molecule has 2 aromatic carbocycles. The summed E-state index contributed by atoms with van der Waals surface area (Å²) in [7, 11) is -3.37. The Kier molecular flexibility index (Phi) is 5.17. The van der Waals surface area contributed by atoms with Gasteiger partial charge in [-0.15, -0.1) is 0 Å². The van der Waals surface area contributed by atoms with Gasteiger partial charge in [-0.25, -0.2) is 13.4 Å². The Bertz CT molecular complexity index is 1500. The van der Waals surface area contributed by atoms with Crippen LogP contribution < -0.4 is 9.46 Å². The lowest BCUT2D eigenvalue weighted by Crippen LogP contribution is -2.09. The van der Waals surface area contributed by atoms with E-state index in [2.05, 4.69) is 40.8 Å². The number of hydrogen-bond donors (Lipinski definition) is 1. The number of benzene rings is 2. The standard InChI is InChI=1S/C25H24N4O3S/c1-16(2)29-24-13-19-15-32-25-21(8-5-9-26-25)23(22(19)12-18(24)14-27-29)11-17-6-4-7-20(10-17)28-33(3,30)31/h4-14,16,28H,15H2,1-3H3/b23-11+. The third-order valence-electron chi connectivity index (χ3n) is 5.53. The summed E-state index contributed by atoms with van der Waals surface area (Å²) < 4.78 is 34.0. The average molecular weight is 461 g/mol. The van der Waals surface area contributed by atoms with E-state index in [1.807, 2.05) is 47.3 Å². The van der Waals surface area contributed by atoms with Gasteiger partial charge in [0, 0.05) is 28.9 Å². The van der Waals surface area contributed by atoms with E-state index in [0.29, 0.717) is 18.2 Å². The van der Waals surface area contributed by atoms with Crippen LogP contribution in [0.15, 0.2) is 60.9 Å². The molecule has 0 radical (unpaired) electrons. The molecule has 0 saturated carbocycles. The molecule has 5 rings (SSSR count). The smallest absolute Gasteiger partial charge is 0.229 e. The van der Waals surface area contributed by atoms with Gasteiger partial charge in [0.2, 0.25) is 15.9 Å². The molecule has 3 heterocycles. The summed E-state index contributed by atoms with van der Waals surface area (Å²) in [4.78, 5) is 4.45. The monoisotopic (exact) mass is 460 g/mol. The Morgan fingerprint density at radius 3 is 2.76 bits per heavy atom. The molecule has 0 bridgehead atoms. The van der Waals surface area contributed by atoms with Crippen molar-refractivity contribution in [2.45, 2.75) is 26.5 Å². The van der Waals surface area contributed by atoms with Crippen LogP contribution in [0.3, 0.4) is 0 Å². The third-order valence-corrected chi connectivity index (χ3v) is 6.13. The first-order chi connectivity index (χ1) is 15.8. The van der Waals surface area contributed by atoms with Gasteiger partial charge in [-0.1, -0.05) is 12.1 Å². The van der Waals surface area contributed by atoms with Crippen LogP contribution in [0.25, 0.3) is 22.6 Å². The van der Waals surface area contributed by atoms with Crippen molar-refractivity contribution in [3.8, 4) is 5.88 Å². The minimum atomic E-state index is -3.37. The predicted octanol–water partition coefficient (Wildman–Crippen LogP) is 4.87. The zero-order chi connectivity index (χ0) is 23.2. The van der Waals surface area contributed by atoms with Gasteiger partial charge >= 0.3 is 0 Å². The third kappa shape index (κ3) is 4.21. The molecule has 0 spiro atoms. The van der Waals surface area contributed by atoms with Crippen molar-refractivity contribution < 1.29 is 13.2 Å². The van der Waals surface area contributed by atoms with Crippen LogP contribution in [-0.4, -0.2) is 29.4 Å². The van der Waals surface area contributed by atoms with Gasteiger partial charge in [0.25, 0.3) is 0 Å². The first-order valence-corrected chi connectivity index (χ1v) is 12.6. The van der Waals surface area contributed by atoms with Gasteiger partial charge in [0.05, 0.1) is 18.0 Å². The second kappa shape index (κ2) is 8.04. The molecule has 0 fully saturated rings. The van der Waals surface area contributed by atoms with Crippen molar-refractivity contribution >= 4 is 38.3 Å². The minimum absolute atomic E-state index is 0.242. The lowest BCUT2D eigenvalue weighted by atomic mass is 9.92. The topological polar surface area (TPSA) is 86.1 Å². The predicted molar refractivity (Wildman–Crippen MR) is 131 cm³/mol. The maximum absolute atomic E-state index is 11.7. The highest BCUT2D eigenvalue weighted by Crippen LogP contribution is 2.38. The van der Waals surface area contributed by atoms with E-state index in [1.54, 1.807) is 12.3 Å². The van der Waals surface area contributed by atoms with Crippen molar-refractivity contribution in [2.24, 2.45) is 0 Å². The Hall–Kier alpha value is -3.65. The zero-order valence-corrected chi connectivity index (χ0v) is 19.4. The summed E-state index contributed by atoms with van der Waals surface area (Å²) in [5.74, 6) is 0.569. The van der Waals surface area contributed by atoms with Crippen LogP contribution in [0.4, 0.5) is 5.69 Å². The highest BCUT2D eigenvalue weighted by molar-refractivity contribution is 7.92. The molecule has 0 atom stereocenters. The van der Waals surface area contributed by atoms with Crippen molar-refractivity contribution in [1.82, 2.24) is 14.8 Å². The largest absolute Gasteiger partial charge is 0.472 e. The summed E-state index contributed by atoms with van der Waals surface area (Å²) in [5.41, 5.74) is 6.36. The van der Waals surface area contributed by atoms with Crippen LogP contribution in [0, 0.1) is 0 Å². The first kappa shape index (κ1) is 21.2. The Balaban J connectivity index is 1.71. The number of hydrogen-bond acceptors (Lipinski definition) is 5. The number of rotatable bonds is 4. The maximum atomic E-state index is 11.7. The number of sulfonamides is 1. The van der Waals surface area contributed by atoms with Gasteiger partial charge in [-0.05, 0) is 78.6 Å². The van der Waals surface area contributed by atoms with Gasteiger partial charge < -0.3 is 4.74 Å². The highest BCUT2D eigenvalue weighted by atomic mass is 32.2. The number of fused-ring (bicyclic) bond motifs is 3. The van der Waals surface area contributed by atoms with Crippen LogP contribution in [-0.2, 0) is 16.6 Å². The lowest BCUT2D eigenvalue weighted by Gasteiger charge is -2.13. The molecule has 168 valence electrons. The molecule has 0 unspecified atom stereocenters. The quantitative estimate of drug-likeness (QED) is 0.470. The summed E-state index contributed by atoms with van der Waals surface area (Å²) in [6, 6.07) is 15.7. The van der Waals surface area contributed by atoms with Crippen molar-refractivity contribution in [3.05, 3.63) is 83.2 Å². The fraction of sp³-hybridized carbons (Fsp3) is 0.200. The molecule has 33 heavy (non-hydrogen) atoms. The average Bonchev–Trinajstić information content (AvgIpc) is 3.11. The second-order valence-corrected chi connectivity index (χ2v) is 10.2. The first-order valence-electron chi connectivity index (χ1n) is 10.7. The van der Waals surface area contributed by atoms with E-state index in [4.69, 9.17) is 4.74 Å². The Labute approximate surface area is 192 Å². The number of pyridine rings is 1. The second-order valence-electron chi connectivity index (χ2n) is 8.45. The van der Waals surface area contributed by atoms with Crippen LogP contribution >= 0.6 is 0 Å². The van der Waals surface area contributed by atoms with Crippen molar-refractivity contribution in [1.29, 1.82) is 0 Å². The summed E-state index contributed by atoms with van der Waals surface area (Å²) in [5, 5.41) is 5.62. The summed E-state index contributed by atoms with van der Waals surface area (Å²) in [6.45, 7) is 4.61. The van der Waals surface area contributed by atoms with Gasteiger partial charge in [0.15, 0.2) is 0 Å². The van der Waals surface area contributed by atoms with E-state index < -0.39 is 10.0 Å². The normalized spacial score (nSPS) is 14.6. The maximum Gasteiger partial charge on any atom is 0.229 e. The number of nitrogens with one attached hydrogen (secondary N) is 1. The van der Waals surface area contributed by atoms with E-state index in [0.717, 1.165) is 45.0 Å². The van der Waals surface area contributed by atoms with Gasteiger partial charge in [-0.3, -0.25) is 9.40 Å². The molecule has 7 nitrogen and oxygen atoms in total. The number of aromatic nitrogens is 3. The number of ether oxygens (including phenoxy) is 1. The minimum Gasteiger partial charge on any atom is -0.472 e. The van der Waals surface area contributed by atoms with Crippen molar-refractivity contribution in [3.63, 3.8) is 0 Å². The van der Waals surface area contributed by atoms with Crippen LogP contribution in [0.5, 0.6) is 5.88 Å². The summed E-state index contributed by atoms with van der Waals surface area (Å²) in [6.07, 6.45) is 6.79. The van der Waals surface area contributed by atoms with Gasteiger partial charge in [-0.2, -0.15) is 5.10 Å². The number of nitrogens with zero attached hydrogens (tertiary/aromatic N) is 3. The fourth-order valence-corrected chi connectivity index (χ4v) is 4.70. The molecule has 0 saturated heterocycles. The molecule has 4 aromatic rings. The molecule has 0 amide bonds. The Morgan fingerprint density at radius 2 is 1.97 bits per heavy atom. The van der Waals surface area contributed by atoms with E-state index in [-0.39, 0.29) is 6.04 Å². The van der Waals surface area contributed by atoms with Crippen LogP contribution in [0.2, 0.25) is 0 Å². The number of anilines is 1. The van der Waals surface area contributed by atoms with E-state index >= 15 is 0 Å². The fourth-order valence-electron chi connectivity index (χ4n) is 4.15. The molecule has 1 aliphatic rings. The van der Waals surface area contributed by atoms with Crippen molar-refractivity contribution in [2.75, 3.05) is 11.0 Å². The lowest BCUT2D eigenvalue weighted by molar-refractivity contribution is 0.295. The highest BCUT2D eigenvalue weighted by Gasteiger charge is 2.22. The van der Waals surface area contributed by atoms with E-state index in [9.17, 15) is 8.42 Å². The molecular formula is C25H24N4O3S. The van der Waals surface area contributed by atoms with Gasteiger partial charge in [0.1, 0.15) is 6.61 Å². The molecule has 0 aliphatic carbocycles. The SMILES string of the molecule is CC(C)n1ncc2cc3c(cc21)COc1ncccc1/C3=C\c1cccc(NS(C)(=O)=O)c1. The molecule has 2 aromatic heterocycles. The van der Waals surface area contributed by atoms with E-state index in [1.165, 1.54) is 0 Å². The Morgan fingerprint density at radius 1 is 1.12 bits per heavy atom. The summed E-state index contributed by atoms with van der Waals surface area (Å²) >= 11 is 0. The van der Waals surface area contributed by atoms with Crippen LogP contribution in [0.1, 0.15) is 42.1 Å². The molecule has 1 aliphatic heterocycles. The molecule has 8 heteroatoms. The molecule has 1 N–H and O–H groups in total.